The van der Waals surface area contributed by atoms with Crippen LogP contribution in [-0.4, -0.2) is 38.5 Å². The molecule has 0 bridgehead atoms. The van der Waals surface area contributed by atoms with Gasteiger partial charge in [-0.25, -0.2) is 8.42 Å². The fourth-order valence-corrected chi connectivity index (χ4v) is 3.08. The molecule has 0 aromatic heterocycles. The minimum atomic E-state index is -3.48. The third kappa shape index (κ3) is 5.91. The van der Waals surface area contributed by atoms with Crippen LogP contribution in [0.5, 0.6) is 0 Å². The molecule has 1 aromatic carbocycles. The molecule has 1 aromatic rings. The van der Waals surface area contributed by atoms with Crippen LogP contribution in [0, 0.1) is 5.92 Å². The molecular formula is C13H20ClNO3S. The van der Waals surface area contributed by atoms with Crippen molar-refractivity contribution in [3.63, 3.8) is 0 Å². The number of halogens is 1. The molecule has 0 radical (unpaired) electrons. The molecule has 0 aliphatic rings. The number of rotatable bonds is 7. The van der Waals surface area contributed by atoms with Gasteiger partial charge in [0.1, 0.15) is 0 Å². The van der Waals surface area contributed by atoms with Gasteiger partial charge in [-0.15, -0.1) is 0 Å². The van der Waals surface area contributed by atoms with Gasteiger partial charge in [-0.1, -0.05) is 25.4 Å². The Balaban J connectivity index is 2.57. The van der Waals surface area contributed by atoms with Gasteiger partial charge in [-0.3, -0.25) is 0 Å². The van der Waals surface area contributed by atoms with Crippen LogP contribution in [-0.2, 0) is 9.84 Å². The zero-order valence-electron chi connectivity index (χ0n) is 11.1. The third-order valence-electron chi connectivity index (χ3n) is 2.52. The highest BCUT2D eigenvalue weighted by molar-refractivity contribution is 7.91. The molecule has 0 fully saturated rings. The van der Waals surface area contributed by atoms with Crippen molar-refractivity contribution in [1.29, 1.82) is 0 Å². The van der Waals surface area contributed by atoms with Gasteiger partial charge in [-0.05, 0) is 36.7 Å². The second-order valence-corrected chi connectivity index (χ2v) is 7.41. The fraction of sp³-hybridized carbons (Fsp3) is 0.538. The largest absolute Gasteiger partial charge is 0.391 e. The van der Waals surface area contributed by atoms with Gasteiger partial charge < -0.3 is 10.4 Å². The minimum absolute atomic E-state index is 0.180. The molecular weight excluding hydrogens is 286 g/mol. The first kappa shape index (κ1) is 16.4. The molecule has 0 heterocycles. The number of benzene rings is 1. The Hall–Kier alpha value is -0.620. The molecule has 19 heavy (non-hydrogen) atoms. The van der Waals surface area contributed by atoms with Crippen molar-refractivity contribution >= 4 is 21.4 Å². The standard InChI is InChI=1S/C13H20ClNO3S/c1-10(2)7-15-8-12(16)9-19(17,18)13-5-3-11(14)4-6-13/h3-6,10,12,15-16H,7-9H2,1-2H3. The van der Waals surface area contributed by atoms with Crippen LogP contribution in [0.3, 0.4) is 0 Å². The lowest BCUT2D eigenvalue weighted by atomic mass is 10.2. The molecule has 4 nitrogen and oxygen atoms in total. The summed E-state index contributed by atoms with van der Waals surface area (Å²) in [5.41, 5.74) is 0. The van der Waals surface area contributed by atoms with E-state index in [1.165, 1.54) is 24.3 Å². The Labute approximate surface area is 119 Å². The zero-order valence-corrected chi connectivity index (χ0v) is 12.7. The molecule has 108 valence electrons. The number of hydrogen-bond donors (Lipinski definition) is 2. The van der Waals surface area contributed by atoms with E-state index in [4.69, 9.17) is 11.6 Å². The zero-order chi connectivity index (χ0) is 14.5. The Bertz CT molecular complexity index is 485. The number of sulfone groups is 1. The van der Waals surface area contributed by atoms with Crippen LogP contribution in [0.1, 0.15) is 13.8 Å². The van der Waals surface area contributed by atoms with Gasteiger partial charge in [0.05, 0.1) is 16.8 Å². The topological polar surface area (TPSA) is 66.4 Å². The van der Waals surface area contributed by atoms with Gasteiger partial charge in [0.15, 0.2) is 9.84 Å². The summed E-state index contributed by atoms with van der Waals surface area (Å²) in [6, 6.07) is 5.95. The van der Waals surface area contributed by atoms with E-state index in [2.05, 4.69) is 5.32 Å². The van der Waals surface area contributed by atoms with Crippen molar-refractivity contribution in [3.8, 4) is 0 Å². The molecule has 1 rings (SSSR count). The normalized spacial score (nSPS) is 13.7. The van der Waals surface area contributed by atoms with Crippen LogP contribution in [0.4, 0.5) is 0 Å². The van der Waals surface area contributed by atoms with E-state index in [1.54, 1.807) is 0 Å². The minimum Gasteiger partial charge on any atom is -0.391 e. The monoisotopic (exact) mass is 305 g/mol. The van der Waals surface area contributed by atoms with Crippen molar-refractivity contribution < 1.29 is 13.5 Å². The van der Waals surface area contributed by atoms with Gasteiger partial charge in [0.2, 0.25) is 0 Å². The van der Waals surface area contributed by atoms with Crippen molar-refractivity contribution in [2.45, 2.75) is 24.8 Å². The SMILES string of the molecule is CC(C)CNCC(O)CS(=O)(=O)c1ccc(Cl)cc1. The van der Waals surface area contributed by atoms with E-state index >= 15 is 0 Å². The van der Waals surface area contributed by atoms with Crippen molar-refractivity contribution in [2.75, 3.05) is 18.8 Å². The second-order valence-electron chi connectivity index (χ2n) is 4.94. The summed E-state index contributed by atoms with van der Waals surface area (Å²) in [6.07, 6.45) is -0.917. The number of aliphatic hydroxyl groups excluding tert-OH is 1. The first-order chi connectivity index (χ1) is 8.81. The average molecular weight is 306 g/mol. The van der Waals surface area contributed by atoms with Crippen LogP contribution < -0.4 is 5.32 Å². The highest BCUT2D eigenvalue weighted by atomic mass is 35.5. The molecule has 2 N–H and O–H groups in total. The predicted molar refractivity (Wildman–Crippen MR) is 77.2 cm³/mol. The lowest BCUT2D eigenvalue weighted by Crippen LogP contribution is -2.34. The highest BCUT2D eigenvalue weighted by Gasteiger charge is 2.19. The van der Waals surface area contributed by atoms with Crippen LogP contribution in [0.25, 0.3) is 0 Å². The average Bonchev–Trinajstić information content (AvgIpc) is 2.28. The van der Waals surface area contributed by atoms with Crippen molar-refractivity contribution in [1.82, 2.24) is 5.32 Å². The smallest absolute Gasteiger partial charge is 0.180 e. The second kappa shape index (κ2) is 7.24. The number of hydrogen-bond acceptors (Lipinski definition) is 4. The molecule has 1 unspecified atom stereocenters. The summed E-state index contributed by atoms with van der Waals surface area (Å²) in [5.74, 6) is 0.166. The van der Waals surface area contributed by atoms with E-state index in [0.29, 0.717) is 10.9 Å². The Morgan fingerprint density at radius 3 is 2.32 bits per heavy atom. The molecule has 6 heteroatoms. The molecule has 0 aliphatic heterocycles. The Morgan fingerprint density at radius 2 is 1.79 bits per heavy atom. The van der Waals surface area contributed by atoms with Gasteiger partial charge in [-0.2, -0.15) is 0 Å². The Kier molecular flexibility index (Phi) is 6.26. The van der Waals surface area contributed by atoms with Crippen molar-refractivity contribution in [2.24, 2.45) is 5.92 Å². The highest BCUT2D eigenvalue weighted by Crippen LogP contribution is 2.16. The molecule has 0 saturated heterocycles. The summed E-state index contributed by atoms with van der Waals surface area (Å²) in [7, 11) is -3.48. The third-order valence-corrected chi connectivity index (χ3v) is 4.58. The van der Waals surface area contributed by atoms with E-state index in [9.17, 15) is 13.5 Å². The van der Waals surface area contributed by atoms with Gasteiger partial charge >= 0.3 is 0 Å². The lowest BCUT2D eigenvalue weighted by molar-refractivity contribution is 0.192. The summed E-state index contributed by atoms with van der Waals surface area (Å²) in [4.78, 5) is 0.180. The Morgan fingerprint density at radius 1 is 1.21 bits per heavy atom. The maximum absolute atomic E-state index is 12.0. The fourth-order valence-electron chi connectivity index (χ4n) is 1.59. The number of aliphatic hydroxyl groups is 1. The summed E-state index contributed by atoms with van der Waals surface area (Å²) >= 11 is 5.71. The molecule has 0 aliphatic carbocycles. The molecule has 0 amide bonds. The van der Waals surface area contributed by atoms with Gasteiger partial charge in [0.25, 0.3) is 0 Å². The van der Waals surface area contributed by atoms with Crippen LogP contribution in [0.2, 0.25) is 5.02 Å². The van der Waals surface area contributed by atoms with E-state index in [0.717, 1.165) is 6.54 Å². The maximum atomic E-state index is 12.0. The van der Waals surface area contributed by atoms with Crippen molar-refractivity contribution in [3.05, 3.63) is 29.3 Å². The first-order valence-corrected chi connectivity index (χ1v) is 8.21. The van der Waals surface area contributed by atoms with E-state index in [1.807, 2.05) is 13.8 Å². The van der Waals surface area contributed by atoms with Gasteiger partial charge in [0, 0.05) is 11.6 Å². The van der Waals surface area contributed by atoms with E-state index < -0.39 is 15.9 Å². The molecule has 0 spiro atoms. The lowest BCUT2D eigenvalue weighted by Gasteiger charge is -2.13. The summed E-state index contributed by atoms with van der Waals surface area (Å²) in [6.45, 7) is 5.11. The quantitative estimate of drug-likeness (QED) is 0.805. The van der Waals surface area contributed by atoms with Crippen LogP contribution in [0.15, 0.2) is 29.2 Å². The predicted octanol–water partition coefficient (Wildman–Crippen LogP) is 1.72. The summed E-state index contributed by atoms with van der Waals surface area (Å²) < 4.78 is 24.0. The van der Waals surface area contributed by atoms with E-state index in [-0.39, 0.29) is 17.2 Å². The maximum Gasteiger partial charge on any atom is 0.180 e. The first-order valence-electron chi connectivity index (χ1n) is 6.18. The molecule has 1 atom stereocenters. The van der Waals surface area contributed by atoms with Crippen LogP contribution >= 0.6 is 11.6 Å². The summed E-state index contributed by atoms with van der Waals surface area (Å²) in [5, 5.41) is 13.3. The molecule has 0 saturated carbocycles. The number of nitrogens with one attached hydrogen (secondary N) is 1.